The first kappa shape index (κ1) is 16.7. The predicted molar refractivity (Wildman–Crippen MR) is 87.3 cm³/mol. The molecular weight excluding hydrogens is 312 g/mol. The van der Waals surface area contributed by atoms with Crippen molar-refractivity contribution in [3.63, 3.8) is 0 Å². The van der Waals surface area contributed by atoms with Crippen LogP contribution < -0.4 is 10.1 Å². The van der Waals surface area contributed by atoms with Gasteiger partial charge in [0.1, 0.15) is 5.75 Å². The zero-order valence-corrected chi connectivity index (χ0v) is 13.4. The molecule has 0 spiro atoms. The molecule has 0 unspecified atom stereocenters. The lowest BCUT2D eigenvalue weighted by Crippen LogP contribution is -2.33. The van der Waals surface area contributed by atoms with Crippen molar-refractivity contribution >= 4 is 11.7 Å². The normalized spacial score (nSPS) is 21.2. The number of carboxylic acid groups (broad SMARTS) is 1. The molecule has 0 bridgehead atoms. The largest absolute Gasteiger partial charge is 0.482 e. The Labute approximate surface area is 140 Å². The third kappa shape index (κ3) is 4.69. The molecule has 1 saturated heterocycles. The number of nitrogens with one attached hydrogen (secondary N) is 1. The zero-order chi connectivity index (χ0) is 16.8. The highest BCUT2D eigenvalue weighted by Crippen LogP contribution is 2.28. The average Bonchev–Trinajstić information content (AvgIpc) is 3.08. The van der Waals surface area contributed by atoms with Crippen LogP contribution in [0.1, 0.15) is 30.9 Å². The highest BCUT2D eigenvalue weighted by atomic mass is 16.6. The zero-order valence-electron chi connectivity index (χ0n) is 13.4. The van der Waals surface area contributed by atoms with Crippen molar-refractivity contribution in [2.24, 2.45) is 5.16 Å². The van der Waals surface area contributed by atoms with Crippen LogP contribution in [0, 0.1) is 0 Å². The van der Waals surface area contributed by atoms with Crippen molar-refractivity contribution in [1.29, 1.82) is 0 Å². The first-order chi connectivity index (χ1) is 11.7. The molecule has 0 saturated carbocycles. The van der Waals surface area contributed by atoms with Crippen LogP contribution in [0.5, 0.6) is 5.75 Å². The van der Waals surface area contributed by atoms with E-state index in [1.807, 2.05) is 12.1 Å². The molecule has 2 heterocycles. The Balaban J connectivity index is 1.44. The minimum atomic E-state index is -0.995. The first-order valence-corrected chi connectivity index (χ1v) is 8.19. The second-order valence-corrected chi connectivity index (χ2v) is 5.97. The number of carboxylic acids is 1. The fourth-order valence-electron chi connectivity index (χ4n) is 2.79. The fraction of sp³-hybridized carbons (Fsp3) is 0.529. The van der Waals surface area contributed by atoms with Crippen LogP contribution in [-0.2, 0) is 14.4 Å². The molecule has 0 aliphatic carbocycles. The summed E-state index contributed by atoms with van der Waals surface area (Å²) in [5.41, 5.74) is 1.91. The van der Waals surface area contributed by atoms with E-state index in [-0.39, 0.29) is 12.7 Å². The Morgan fingerprint density at radius 3 is 2.75 bits per heavy atom. The third-order valence-corrected chi connectivity index (χ3v) is 4.12. The number of nitrogens with zero attached hydrogens (tertiary/aromatic N) is 1. The molecule has 1 fully saturated rings. The lowest BCUT2D eigenvalue weighted by molar-refractivity contribution is -0.139. The highest BCUT2D eigenvalue weighted by molar-refractivity contribution is 5.86. The van der Waals surface area contributed by atoms with Crippen LogP contribution >= 0.6 is 0 Å². The van der Waals surface area contributed by atoms with Crippen LogP contribution in [0.15, 0.2) is 29.4 Å². The summed E-state index contributed by atoms with van der Waals surface area (Å²) in [5.74, 6) is -0.473. The van der Waals surface area contributed by atoms with Crippen molar-refractivity contribution in [3.05, 3.63) is 29.8 Å². The number of benzene rings is 1. The van der Waals surface area contributed by atoms with Gasteiger partial charge in [0.25, 0.3) is 0 Å². The number of piperidine rings is 1. The van der Waals surface area contributed by atoms with Crippen molar-refractivity contribution < 1.29 is 24.2 Å². The van der Waals surface area contributed by atoms with Crippen molar-refractivity contribution in [2.75, 3.05) is 26.3 Å². The first-order valence-electron chi connectivity index (χ1n) is 8.19. The Bertz CT molecular complexity index is 581. The SMILES string of the molecule is O=C(O)COc1ccc([C@H]2CC(COC3CCNCC3)=NO2)cc1. The van der Waals surface area contributed by atoms with Crippen LogP contribution in [0.25, 0.3) is 0 Å². The molecule has 24 heavy (non-hydrogen) atoms. The second-order valence-electron chi connectivity index (χ2n) is 5.97. The minimum absolute atomic E-state index is 0.120. The Hall–Kier alpha value is -2.12. The van der Waals surface area contributed by atoms with Gasteiger partial charge in [0.2, 0.25) is 0 Å². The van der Waals surface area contributed by atoms with Gasteiger partial charge in [-0.05, 0) is 43.6 Å². The Morgan fingerprint density at radius 2 is 2.04 bits per heavy atom. The molecule has 0 amide bonds. The number of hydrogen-bond donors (Lipinski definition) is 2. The number of hydrogen-bond acceptors (Lipinski definition) is 6. The molecule has 2 aliphatic heterocycles. The molecule has 3 rings (SSSR count). The summed E-state index contributed by atoms with van der Waals surface area (Å²) >= 11 is 0. The highest BCUT2D eigenvalue weighted by Gasteiger charge is 2.24. The van der Waals surface area contributed by atoms with E-state index in [0.29, 0.717) is 24.9 Å². The van der Waals surface area contributed by atoms with Crippen LogP contribution in [-0.4, -0.2) is 49.2 Å². The van der Waals surface area contributed by atoms with E-state index < -0.39 is 5.97 Å². The summed E-state index contributed by atoms with van der Waals surface area (Å²) in [4.78, 5) is 16.0. The molecule has 2 N–H and O–H groups in total. The van der Waals surface area contributed by atoms with Gasteiger partial charge < -0.3 is 24.7 Å². The minimum Gasteiger partial charge on any atom is -0.482 e. The third-order valence-electron chi connectivity index (χ3n) is 4.12. The lowest BCUT2D eigenvalue weighted by Gasteiger charge is -2.22. The predicted octanol–water partition coefficient (Wildman–Crippen LogP) is 1.74. The Morgan fingerprint density at radius 1 is 1.29 bits per heavy atom. The summed E-state index contributed by atoms with van der Waals surface area (Å²) in [6.45, 7) is 2.18. The number of aliphatic carboxylic acids is 1. The van der Waals surface area contributed by atoms with Crippen LogP contribution in [0.2, 0.25) is 0 Å². The molecule has 1 aromatic carbocycles. The lowest BCUT2D eigenvalue weighted by atomic mass is 10.0. The maximum absolute atomic E-state index is 10.5. The van der Waals surface area contributed by atoms with E-state index in [2.05, 4.69) is 10.5 Å². The summed E-state index contributed by atoms with van der Waals surface area (Å²) in [6.07, 6.45) is 2.97. The van der Waals surface area contributed by atoms with E-state index in [0.717, 1.165) is 37.2 Å². The molecule has 1 atom stereocenters. The number of carbonyl (C=O) groups is 1. The molecule has 7 heteroatoms. The van der Waals surface area contributed by atoms with E-state index in [1.54, 1.807) is 12.1 Å². The number of oxime groups is 1. The maximum Gasteiger partial charge on any atom is 0.341 e. The monoisotopic (exact) mass is 334 g/mol. The second kappa shape index (κ2) is 8.12. The van der Waals surface area contributed by atoms with Crippen molar-refractivity contribution in [3.8, 4) is 5.75 Å². The van der Waals surface area contributed by atoms with Gasteiger partial charge in [-0.3, -0.25) is 0 Å². The van der Waals surface area contributed by atoms with E-state index >= 15 is 0 Å². The summed E-state index contributed by atoms with van der Waals surface area (Å²) in [5, 5.41) is 16.0. The molecule has 0 radical (unpaired) electrons. The molecular formula is C17H22N2O5. The smallest absolute Gasteiger partial charge is 0.341 e. The molecule has 2 aliphatic rings. The van der Waals surface area contributed by atoms with Gasteiger partial charge >= 0.3 is 5.97 Å². The summed E-state index contributed by atoms with van der Waals surface area (Å²) in [7, 11) is 0. The summed E-state index contributed by atoms with van der Waals surface area (Å²) in [6, 6.07) is 7.22. The maximum atomic E-state index is 10.5. The fourth-order valence-corrected chi connectivity index (χ4v) is 2.79. The van der Waals surface area contributed by atoms with Gasteiger partial charge in [-0.25, -0.2) is 4.79 Å². The van der Waals surface area contributed by atoms with Gasteiger partial charge in [-0.1, -0.05) is 17.3 Å². The molecule has 7 nitrogen and oxygen atoms in total. The van der Waals surface area contributed by atoms with Crippen LogP contribution in [0.4, 0.5) is 0 Å². The summed E-state index contributed by atoms with van der Waals surface area (Å²) < 4.78 is 11.0. The molecule has 130 valence electrons. The van der Waals surface area contributed by atoms with Gasteiger partial charge in [0.15, 0.2) is 12.7 Å². The Kier molecular flexibility index (Phi) is 5.66. The quantitative estimate of drug-likeness (QED) is 0.789. The molecule has 0 aromatic heterocycles. The van der Waals surface area contributed by atoms with Crippen molar-refractivity contribution in [2.45, 2.75) is 31.5 Å². The van der Waals surface area contributed by atoms with Gasteiger partial charge in [-0.2, -0.15) is 0 Å². The van der Waals surface area contributed by atoms with Crippen molar-refractivity contribution in [1.82, 2.24) is 5.32 Å². The van der Waals surface area contributed by atoms with Crippen LogP contribution in [0.3, 0.4) is 0 Å². The van der Waals surface area contributed by atoms with E-state index in [4.69, 9.17) is 19.4 Å². The topological polar surface area (TPSA) is 89.4 Å². The molecule has 1 aromatic rings. The number of ether oxygens (including phenoxy) is 2. The van der Waals surface area contributed by atoms with Gasteiger partial charge in [-0.15, -0.1) is 0 Å². The standard InChI is InChI=1S/C17H22N2O5/c20-17(21)11-23-14-3-1-12(2-4-14)16-9-13(19-24-16)10-22-15-5-7-18-8-6-15/h1-4,15-16,18H,5-11H2,(H,20,21)/t16-/m1/s1. The average molecular weight is 334 g/mol. The number of rotatable bonds is 7. The van der Waals surface area contributed by atoms with Gasteiger partial charge in [0, 0.05) is 6.42 Å². The van der Waals surface area contributed by atoms with Gasteiger partial charge in [0.05, 0.1) is 18.4 Å². The van der Waals surface area contributed by atoms with E-state index in [9.17, 15) is 4.79 Å². The van der Waals surface area contributed by atoms with E-state index in [1.165, 1.54) is 0 Å².